The van der Waals surface area contributed by atoms with Crippen LogP contribution in [0.25, 0.3) is 0 Å². The predicted molar refractivity (Wildman–Crippen MR) is 72.1 cm³/mol. The van der Waals surface area contributed by atoms with Crippen LogP contribution in [0.2, 0.25) is 0 Å². The Bertz CT molecular complexity index is 402. The molecule has 1 aromatic heterocycles. The molecule has 0 saturated heterocycles. The highest BCUT2D eigenvalue weighted by Crippen LogP contribution is 2.25. The average molecular weight is 252 g/mol. The van der Waals surface area contributed by atoms with Crippen molar-refractivity contribution in [3.05, 3.63) is 11.9 Å². The van der Waals surface area contributed by atoms with Gasteiger partial charge in [-0.05, 0) is 18.3 Å². The Morgan fingerprint density at radius 3 is 2.61 bits per heavy atom. The summed E-state index contributed by atoms with van der Waals surface area (Å²) in [6.07, 6.45) is 3.98. The molecule has 1 heterocycles. The summed E-state index contributed by atoms with van der Waals surface area (Å²) in [6.45, 7) is 9.24. The minimum absolute atomic E-state index is 0.118. The second-order valence-corrected chi connectivity index (χ2v) is 5.77. The first-order valence-corrected chi connectivity index (χ1v) is 6.52. The van der Waals surface area contributed by atoms with Gasteiger partial charge in [0, 0.05) is 13.0 Å². The largest absolute Gasteiger partial charge is 0.493 e. The van der Waals surface area contributed by atoms with E-state index >= 15 is 0 Å². The van der Waals surface area contributed by atoms with Crippen molar-refractivity contribution in [2.45, 2.75) is 53.5 Å². The second kappa shape index (κ2) is 6.03. The highest BCUT2D eigenvalue weighted by molar-refractivity contribution is 5.97. The van der Waals surface area contributed by atoms with Gasteiger partial charge in [-0.1, -0.05) is 27.7 Å². The molecular weight excluding hydrogens is 228 g/mol. The molecule has 0 spiro atoms. The summed E-state index contributed by atoms with van der Waals surface area (Å²) < 4.78 is 6.98. The fraction of sp³-hybridized carbons (Fsp3) is 0.714. The quantitative estimate of drug-likeness (QED) is 0.729. The van der Waals surface area contributed by atoms with E-state index in [9.17, 15) is 4.79 Å². The molecule has 0 fully saturated rings. The molecule has 0 atom stereocenters. The lowest BCUT2D eigenvalue weighted by Crippen LogP contribution is -2.14. The van der Waals surface area contributed by atoms with Gasteiger partial charge in [-0.3, -0.25) is 9.48 Å². The van der Waals surface area contributed by atoms with Gasteiger partial charge in [0.1, 0.15) is 5.69 Å². The molecule has 1 aromatic rings. The Morgan fingerprint density at radius 2 is 2.11 bits per heavy atom. The van der Waals surface area contributed by atoms with E-state index in [-0.39, 0.29) is 11.2 Å². The molecule has 18 heavy (non-hydrogen) atoms. The summed E-state index contributed by atoms with van der Waals surface area (Å²) in [5.74, 6) is 0.704. The first-order valence-electron chi connectivity index (χ1n) is 6.52. The summed E-state index contributed by atoms with van der Waals surface area (Å²) >= 11 is 0. The first kappa shape index (κ1) is 14.7. The summed E-state index contributed by atoms with van der Waals surface area (Å²) in [5.41, 5.74) is 0.780. The van der Waals surface area contributed by atoms with E-state index in [1.54, 1.807) is 18.0 Å². The number of hydrogen-bond acceptors (Lipinski definition) is 3. The topological polar surface area (TPSA) is 44.1 Å². The van der Waals surface area contributed by atoms with E-state index in [1.165, 1.54) is 0 Å². The van der Waals surface area contributed by atoms with Crippen LogP contribution < -0.4 is 4.74 Å². The fourth-order valence-corrected chi connectivity index (χ4v) is 1.79. The summed E-state index contributed by atoms with van der Waals surface area (Å²) in [6, 6.07) is 0. The molecule has 0 aromatic carbocycles. The van der Waals surface area contributed by atoms with Crippen LogP contribution in [-0.2, 0) is 6.54 Å². The van der Waals surface area contributed by atoms with E-state index in [4.69, 9.17) is 4.74 Å². The number of rotatable bonds is 6. The van der Waals surface area contributed by atoms with E-state index in [2.05, 4.69) is 32.8 Å². The number of nitrogens with zero attached hydrogens (tertiary/aromatic N) is 2. The number of aromatic nitrogens is 2. The second-order valence-electron chi connectivity index (χ2n) is 5.77. The molecule has 0 aliphatic heterocycles. The minimum atomic E-state index is 0.118. The van der Waals surface area contributed by atoms with Crippen molar-refractivity contribution in [2.24, 2.45) is 5.41 Å². The summed E-state index contributed by atoms with van der Waals surface area (Å²) in [7, 11) is 1.58. The van der Waals surface area contributed by atoms with Crippen LogP contribution in [0.4, 0.5) is 0 Å². The van der Waals surface area contributed by atoms with Crippen molar-refractivity contribution >= 4 is 5.78 Å². The molecule has 0 aliphatic carbocycles. The van der Waals surface area contributed by atoms with Crippen molar-refractivity contribution in [3.63, 3.8) is 0 Å². The van der Waals surface area contributed by atoms with Gasteiger partial charge >= 0.3 is 0 Å². The number of Topliss-reactive ketones (excluding diaryl/α,β-unsaturated/α-hetero) is 1. The zero-order valence-corrected chi connectivity index (χ0v) is 12.1. The Morgan fingerprint density at radius 1 is 1.44 bits per heavy atom. The van der Waals surface area contributed by atoms with Crippen molar-refractivity contribution in [1.82, 2.24) is 9.78 Å². The van der Waals surface area contributed by atoms with Gasteiger partial charge in [0.05, 0.1) is 13.3 Å². The maximum atomic E-state index is 12.3. The van der Waals surface area contributed by atoms with Crippen LogP contribution in [0, 0.1) is 5.41 Å². The lowest BCUT2D eigenvalue weighted by Gasteiger charge is -2.17. The van der Waals surface area contributed by atoms with Crippen LogP contribution >= 0.6 is 0 Å². The smallest absolute Gasteiger partial charge is 0.184 e. The zero-order chi connectivity index (χ0) is 13.8. The monoisotopic (exact) mass is 252 g/mol. The van der Waals surface area contributed by atoms with E-state index in [0.29, 0.717) is 17.9 Å². The predicted octanol–water partition coefficient (Wildman–Crippen LogP) is 3.31. The molecule has 0 bridgehead atoms. The Balaban J connectivity index is 2.85. The van der Waals surface area contributed by atoms with Crippen LogP contribution in [0.15, 0.2) is 6.20 Å². The third-order valence-electron chi connectivity index (χ3n) is 2.83. The number of aryl methyl sites for hydroxylation is 1. The van der Waals surface area contributed by atoms with Crippen molar-refractivity contribution in [1.29, 1.82) is 0 Å². The maximum absolute atomic E-state index is 12.3. The van der Waals surface area contributed by atoms with Crippen LogP contribution in [0.1, 0.15) is 57.4 Å². The van der Waals surface area contributed by atoms with Crippen molar-refractivity contribution in [2.75, 3.05) is 7.11 Å². The third kappa shape index (κ3) is 3.86. The lowest BCUT2D eigenvalue weighted by atomic mass is 9.89. The third-order valence-corrected chi connectivity index (χ3v) is 2.83. The molecule has 0 amide bonds. The Hall–Kier alpha value is -1.32. The molecular formula is C14H24N2O2. The molecule has 4 nitrogen and oxygen atoms in total. The molecule has 0 saturated carbocycles. The highest BCUT2D eigenvalue weighted by Gasteiger charge is 2.21. The van der Waals surface area contributed by atoms with E-state index in [0.717, 1.165) is 19.4 Å². The van der Waals surface area contributed by atoms with Gasteiger partial charge in [-0.25, -0.2) is 0 Å². The van der Waals surface area contributed by atoms with Crippen molar-refractivity contribution < 1.29 is 9.53 Å². The average Bonchev–Trinajstić information content (AvgIpc) is 2.68. The summed E-state index contributed by atoms with van der Waals surface area (Å²) in [4.78, 5) is 12.3. The number of ether oxygens (including phenoxy) is 1. The first-order chi connectivity index (χ1) is 8.39. The van der Waals surface area contributed by atoms with Crippen LogP contribution in [0.5, 0.6) is 5.75 Å². The Kier molecular flexibility index (Phi) is 4.93. The number of carbonyl (C=O) groups is 1. The molecule has 0 unspecified atom stereocenters. The minimum Gasteiger partial charge on any atom is -0.493 e. The molecule has 4 heteroatoms. The standard InChI is InChI=1S/C14H24N2O2/c1-6-9-16-13(12(18-5)10-15-16)11(17)7-8-14(2,3)4/h10H,6-9H2,1-5H3. The van der Waals surface area contributed by atoms with E-state index in [1.807, 2.05) is 0 Å². The number of hydrogen-bond donors (Lipinski definition) is 0. The van der Waals surface area contributed by atoms with Gasteiger partial charge < -0.3 is 4.74 Å². The molecule has 102 valence electrons. The van der Waals surface area contributed by atoms with Gasteiger partial charge in [0.2, 0.25) is 0 Å². The van der Waals surface area contributed by atoms with Gasteiger partial charge in [-0.2, -0.15) is 5.10 Å². The van der Waals surface area contributed by atoms with Crippen molar-refractivity contribution in [3.8, 4) is 5.75 Å². The molecule has 0 aliphatic rings. The lowest BCUT2D eigenvalue weighted by molar-refractivity contribution is 0.0952. The molecule has 0 radical (unpaired) electrons. The summed E-state index contributed by atoms with van der Waals surface area (Å²) in [5, 5.41) is 4.21. The number of methoxy groups -OCH3 is 1. The molecule has 1 rings (SSSR count). The maximum Gasteiger partial charge on any atom is 0.184 e. The number of carbonyl (C=O) groups excluding carboxylic acids is 1. The van der Waals surface area contributed by atoms with Gasteiger partial charge in [0.25, 0.3) is 0 Å². The van der Waals surface area contributed by atoms with E-state index < -0.39 is 0 Å². The highest BCUT2D eigenvalue weighted by atomic mass is 16.5. The van der Waals surface area contributed by atoms with Crippen LogP contribution in [0.3, 0.4) is 0 Å². The molecule has 0 N–H and O–H groups in total. The van der Waals surface area contributed by atoms with Gasteiger partial charge in [0.15, 0.2) is 11.5 Å². The fourth-order valence-electron chi connectivity index (χ4n) is 1.79. The van der Waals surface area contributed by atoms with Gasteiger partial charge in [-0.15, -0.1) is 0 Å². The number of ketones is 1. The zero-order valence-electron chi connectivity index (χ0n) is 12.1. The normalized spacial score (nSPS) is 11.6. The van der Waals surface area contributed by atoms with Crippen LogP contribution in [-0.4, -0.2) is 22.7 Å². The SMILES string of the molecule is CCCn1ncc(OC)c1C(=O)CCC(C)(C)C. The Labute approximate surface area is 109 Å².